The number of ketones is 1. The van der Waals surface area contributed by atoms with E-state index in [0.29, 0.717) is 16.3 Å². The lowest BCUT2D eigenvalue weighted by Crippen LogP contribution is -1.95. The van der Waals surface area contributed by atoms with Crippen molar-refractivity contribution >= 4 is 39.4 Å². The molecule has 0 radical (unpaired) electrons. The lowest BCUT2D eigenvalue weighted by atomic mass is 10.1. The first-order chi connectivity index (χ1) is 9.10. The highest BCUT2D eigenvalue weighted by Gasteiger charge is 2.05. The van der Waals surface area contributed by atoms with Gasteiger partial charge in [0.15, 0.2) is 5.78 Å². The Bertz CT molecular complexity index is 617. The van der Waals surface area contributed by atoms with Crippen molar-refractivity contribution in [2.24, 2.45) is 0 Å². The largest absolute Gasteiger partial charge is 0.289 e. The minimum atomic E-state index is -0.0744. The molecule has 0 spiro atoms. The molecule has 19 heavy (non-hydrogen) atoms. The Kier molecular flexibility index (Phi) is 4.56. The van der Waals surface area contributed by atoms with Crippen molar-refractivity contribution in [3.63, 3.8) is 0 Å². The zero-order valence-electron chi connectivity index (χ0n) is 10.3. The summed E-state index contributed by atoms with van der Waals surface area (Å²) in [5.41, 5.74) is 1.24. The second-order valence-corrected chi connectivity index (χ2v) is 5.25. The Balaban J connectivity index is 2.15. The Hall–Kier alpha value is -1.39. The molecule has 0 amide bonds. The number of benzene rings is 1. The summed E-state index contributed by atoms with van der Waals surface area (Å²) in [6.07, 6.45) is 4.86. The van der Waals surface area contributed by atoms with Crippen LogP contribution in [0.25, 0.3) is 6.08 Å². The molecule has 0 saturated heterocycles. The van der Waals surface area contributed by atoms with Crippen LogP contribution >= 0.6 is 27.5 Å². The molecule has 3 nitrogen and oxygen atoms in total. The van der Waals surface area contributed by atoms with E-state index < -0.39 is 0 Å². The summed E-state index contributed by atoms with van der Waals surface area (Å²) in [5, 5.41) is 4.79. The van der Waals surface area contributed by atoms with Crippen molar-refractivity contribution in [2.45, 2.75) is 13.5 Å². The van der Waals surface area contributed by atoms with Gasteiger partial charge in [0.2, 0.25) is 0 Å². The second kappa shape index (κ2) is 6.17. The van der Waals surface area contributed by atoms with Gasteiger partial charge in [-0.2, -0.15) is 5.10 Å². The first-order valence-electron chi connectivity index (χ1n) is 5.81. The van der Waals surface area contributed by atoms with E-state index in [2.05, 4.69) is 21.0 Å². The number of hydrogen-bond acceptors (Lipinski definition) is 2. The number of rotatable bonds is 4. The van der Waals surface area contributed by atoms with Crippen LogP contribution in [0.1, 0.15) is 23.0 Å². The van der Waals surface area contributed by atoms with Gasteiger partial charge in [-0.3, -0.25) is 9.48 Å². The summed E-state index contributed by atoms with van der Waals surface area (Å²) in [6, 6.07) is 7.20. The molecule has 2 rings (SSSR count). The summed E-state index contributed by atoms with van der Waals surface area (Å²) >= 11 is 9.35. The van der Waals surface area contributed by atoms with Crippen LogP contribution in [-0.4, -0.2) is 15.6 Å². The van der Waals surface area contributed by atoms with Crippen molar-refractivity contribution in [2.75, 3.05) is 0 Å². The summed E-state index contributed by atoms with van der Waals surface area (Å²) in [4.78, 5) is 11.9. The van der Waals surface area contributed by atoms with Crippen molar-refractivity contribution in [1.82, 2.24) is 9.78 Å². The van der Waals surface area contributed by atoms with Gasteiger partial charge in [-0.05, 0) is 43.3 Å². The van der Waals surface area contributed by atoms with Gasteiger partial charge < -0.3 is 0 Å². The second-order valence-electron chi connectivity index (χ2n) is 3.92. The van der Waals surface area contributed by atoms with Gasteiger partial charge in [0, 0.05) is 22.8 Å². The molecular weight excluding hydrogens is 328 g/mol. The first-order valence-corrected chi connectivity index (χ1v) is 6.98. The van der Waals surface area contributed by atoms with E-state index in [9.17, 15) is 4.79 Å². The van der Waals surface area contributed by atoms with E-state index in [1.165, 1.54) is 6.08 Å². The molecule has 2 aromatic rings. The van der Waals surface area contributed by atoms with E-state index in [1.807, 2.05) is 19.1 Å². The number of carbonyl (C=O) groups excluding carboxylic acids is 1. The minimum absolute atomic E-state index is 0.0744. The fourth-order valence-electron chi connectivity index (χ4n) is 1.55. The van der Waals surface area contributed by atoms with E-state index in [-0.39, 0.29) is 5.78 Å². The molecule has 0 unspecified atom stereocenters. The first kappa shape index (κ1) is 14.0. The molecule has 0 atom stereocenters. The summed E-state index contributed by atoms with van der Waals surface area (Å²) in [5.74, 6) is -0.0744. The maximum Gasteiger partial charge on any atom is 0.185 e. The lowest BCUT2D eigenvalue weighted by Gasteiger charge is -1.95. The van der Waals surface area contributed by atoms with Gasteiger partial charge in [0.05, 0.1) is 5.02 Å². The topological polar surface area (TPSA) is 34.9 Å². The molecule has 0 bridgehead atoms. The zero-order chi connectivity index (χ0) is 13.8. The van der Waals surface area contributed by atoms with E-state index in [0.717, 1.165) is 11.0 Å². The van der Waals surface area contributed by atoms with E-state index >= 15 is 0 Å². The number of allylic oxidation sites excluding steroid dienone is 1. The van der Waals surface area contributed by atoms with Crippen molar-refractivity contribution in [3.05, 3.63) is 57.3 Å². The Labute approximate surface area is 125 Å². The standard InChI is InChI=1S/C14H12BrClN2O/c1-2-18-9-12(16)13(17-18)7-8-14(19)10-3-5-11(15)6-4-10/h3-9H,2H2,1H3/b8-7+. The van der Waals surface area contributed by atoms with Gasteiger partial charge >= 0.3 is 0 Å². The molecular formula is C14H12BrClN2O. The molecule has 1 aromatic heterocycles. The van der Waals surface area contributed by atoms with Gasteiger partial charge in [0.1, 0.15) is 5.69 Å². The van der Waals surface area contributed by atoms with Crippen LogP contribution in [0.3, 0.4) is 0 Å². The van der Waals surface area contributed by atoms with Gasteiger partial charge in [0.25, 0.3) is 0 Å². The van der Waals surface area contributed by atoms with Crippen LogP contribution in [0.4, 0.5) is 0 Å². The third-order valence-electron chi connectivity index (χ3n) is 2.59. The molecule has 1 aromatic carbocycles. The van der Waals surface area contributed by atoms with Gasteiger partial charge in [-0.1, -0.05) is 27.5 Å². The SMILES string of the molecule is CCn1cc(Cl)c(/C=C/C(=O)c2ccc(Br)cc2)n1. The fourth-order valence-corrected chi connectivity index (χ4v) is 2.03. The van der Waals surface area contributed by atoms with Crippen LogP contribution in [0.15, 0.2) is 41.0 Å². The zero-order valence-corrected chi connectivity index (χ0v) is 12.6. The summed E-state index contributed by atoms with van der Waals surface area (Å²) < 4.78 is 2.67. The quantitative estimate of drug-likeness (QED) is 0.617. The van der Waals surface area contributed by atoms with Crippen molar-refractivity contribution < 1.29 is 4.79 Å². The molecule has 0 N–H and O–H groups in total. The Morgan fingerprint density at radius 1 is 1.42 bits per heavy atom. The number of halogens is 2. The maximum absolute atomic E-state index is 11.9. The molecule has 1 heterocycles. The van der Waals surface area contributed by atoms with Crippen LogP contribution in [0.5, 0.6) is 0 Å². The van der Waals surface area contributed by atoms with Crippen molar-refractivity contribution in [3.8, 4) is 0 Å². The number of aryl methyl sites for hydroxylation is 1. The summed E-state index contributed by atoms with van der Waals surface area (Å²) in [6.45, 7) is 2.72. The number of aromatic nitrogens is 2. The van der Waals surface area contributed by atoms with Gasteiger partial charge in [-0.25, -0.2) is 0 Å². The van der Waals surface area contributed by atoms with Crippen LogP contribution in [-0.2, 0) is 6.54 Å². The number of carbonyl (C=O) groups is 1. The molecule has 5 heteroatoms. The molecule has 0 aliphatic carbocycles. The maximum atomic E-state index is 11.9. The normalized spacial score (nSPS) is 11.1. The van der Waals surface area contributed by atoms with Gasteiger partial charge in [-0.15, -0.1) is 0 Å². The minimum Gasteiger partial charge on any atom is -0.289 e. The number of nitrogens with zero attached hydrogens (tertiary/aromatic N) is 2. The average molecular weight is 340 g/mol. The number of hydrogen-bond donors (Lipinski definition) is 0. The third-order valence-corrected chi connectivity index (χ3v) is 3.41. The van der Waals surface area contributed by atoms with Crippen LogP contribution in [0, 0.1) is 0 Å². The average Bonchev–Trinajstić information content (AvgIpc) is 2.77. The third kappa shape index (κ3) is 3.55. The fraction of sp³-hybridized carbons (Fsp3) is 0.143. The van der Waals surface area contributed by atoms with Crippen LogP contribution < -0.4 is 0 Å². The van der Waals surface area contributed by atoms with E-state index in [1.54, 1.807) is 29.1 Å². The highest BCUT2D eigenvalue weighted by atomic mass is 79.9. The predicted molar refractivity (Wildman–Crippen MR) is 80.4 cm³/mol. The smallest absolute Gasteiger partial charge is 0.185 e. The summed E-state index contributed by atoms with van der Waals surface area (Å²) in [7, 11) is 0. The Morgan fingerprint density at radius 3 is 2.68 bits per heavy atom. The molecule has 0 saturated carbocycles. The highest BCUT2D eigenvalue weighted by Crippen LogP contribution is 2.16. The monoisotopic (exact) mass is 338 g/mol. The predicted octanol–water partition coefficient (Wildman–Crippen LogP) is 4.22. The molecule has 0 aliphatic rings. The molecule has 98 valence electrons. The van der Waals surface area contributed by atoms with Crippen LogP contribution in [0.2, 0.25) is 5.02 Å². The van der Waals surface area contributed by atoms with E-state index in [4.69, 9.17) is 11.6 Å². The van der Waals surface area contributed by atoms with Crippen molar-refractivity contribution in [1.29, 1.82) is 0 Å². The Morgan fingerprint density at radius 2 is 2.11 bits per heavy atom. The highest BCUT2D eigenvalue weighted by molar-refractivity contribution is 9.10. The molecule has 0 aliphatic heterocycles. The lowest BCUT2D eigenvalue weighted by molar-refractivity contribution is 0.104. The molecule has 0 fully saturated rings.